The summed E-state index contributed by atoms with van der Waals surface area (Å²) in [6, 6.07) is 13.8. The first-order chi connectivity index (χ1) is 11.7. The van der Waals surface area contributed by atoms with Crippen molar-refractivity contribution in [2.24, 2.45) is 0 Å². The van der Waals surface area contributed by atoms with Crippen molar-refractivity contribution in [3.05, 3.63) is 53.6 Å². The van der Waals surface area contributed by atoms with Crippen molar-refractivity contribution in [2.75, 3.05) is 19.8 Å². The molecule has 0 saturated carbocycles. The second-order valence-electron chi connectivity index (χ2n) is 5.89. The molecule has 24 heavy (non-hydrogen) atoms. The molecular formula is C19H23NO4. The van der Waals surface area contributed by atoms with E-state index in [4.69, 9.17) is 14.2 Å². The predicted molar refractivity (Wildman–Crippen MR) is 91.6 cm³/mol. The fourth-order valence-corrected chi connectivity index (χ4v) is 2.47. The first-order valence-electron chi connectivity index (χ1n) is 8.20. The van der Waals surface area contributed by atoms with Crippen LogP contribution in [-0.2, 0) is 13.2 Å². The Morgan fingerprint density at radius 2 is 1.75 bits per heavy atom. The smallest absolute Gasteiger partial charge is 0.161 e. The molecule has 5 nitrogen and oxygen atoms in total. The molecule has 0 fully saturated rings. The summed E-state index contributed by atoms with van der Waals surface area (Å²) in [5.41, 5.74) is 2.20. The van der Waals surface area contributed by atoms with Crippen LogP contribution < -0.4 is 19.5 Å². The summed E-state index contributed by atoms with van der Waals surface area (Å²) in [5.74, 6) is 2.39. The normalized spacial score (nSPS) is 14.2. The van der Waals surface area contributed by atoms with Gasteiger partial charge in [0.05, 0.1) is 6.10 Å². The third-order valence-electron chi connectivity index (χ3n) is 3.70. The second kappa shape index (κ2) is 8.04. The van der Waals surface area contributed by atoms with E-state index in [1.165, 1.54) is 0 Å². The largest absolute Gasteiger partial charge is 0.489 e. The summed E-state index contributed by atoms with van der Waals surface area (Å²) in [6.07, 6.45) is -0.335. The molecule has 5 heteroatoms. The number of benzene rings is 2. The fourth-order valence-electron chi connectivity index (χ4n) is 2.47. The van der Waals surface area contributed by atoms with E-state index in [0.29, 0.717) is 26.4 Å². The van der Waals surface area contributed by atoms with E-state index in [9.17, 15) is 5.11 Å². The highest BCUT2D eigenvalue weighted by Gasteiger charge is 2.11. The molecule has 0 unspecified atom stereocenters. The van der Waals surface area contributed by atoms with Crippen LogP contribution in [0.4, 0.5) is 0 Å². The first kappa shape index (κ1) is 16.6. The van der Waals surface area contributed by atoms with Crippen LogP contribution in [0.25, 0.3) is 0 Å². The Bertz CT molecular complexity index is 655. The molecule has 128 valence electrons. The van der Waals surface area contributed by atoms with Gasteiger partial charge in [-0.25, -0.2) is 0 Å². The maximum Gasteiger partial charge on any atom is 0.161 e. The minimum absolute atomic E-state index is 0.335. The summed E-state index contributed by atoms with van der Waals surface area (Å²) in [6.45, 7) is 4.75. The Balaban J connectivity index is 1.51. The van der Waals surface area contributed by atoms with E-state index in [2.05, 4.69) is 5.32 Å². The Morgan fingerprint density at radius 3 is 2.50 bits per heavy atom. The molecule has 1 heterocycles. The Hall–Kier alpha value is -2.24. The maximum absolute atomic E-state index is 9.23. The SMILES string of the molecule is C[C@H](O)CNCc1ccc(OCc2ccc3c(c2)OCCO3)cc1. The third-order valence-corrected chi connectivity index (χ3v) is 3.70. The number of nitrogens with one attached hydrogen (secondary N) is 1. The molecule has 0 saturated heterocycles. The molecule has 0 amide bonds. The van der Waals surface area contributed by atoms with Crippen LogP contribution in [0.2, 0.25) is 0 Å². The number of aliphatic hydroxyl groups excluding tert-OH is 1. The minimum atomic E-state index is -0.335. The van der Waals surface area contributed by atoms with E-state index >= 15 is 0 Å². The van der Waals surface area contributed by atoms with Crippen molar-refractivity contribution >= 4 is 0 Å². The van der Waals surface area contributed by atoms with Crippen molar-refractivity contribution in [3.8, 4) is 17.2 Å². The van der Waals surface area contributed by atoms with E-state index in [-0.39, 0.29) is 6.10 Å². The summed E-state index contributed by atoms with van der Waals surface area (Å²) in [4.78, 5) is 0. The molecular weight excluding hydrogens is 306 g/mol. The zero-order valence-electron chi connectivity index (χ0n) is 13.8. The fraction of sp³-hybridized carbons (Fsp3) is 0.368. The van der Waals surface area contributed by atoms with Gasteiger partial charge in [0, 0.05) is 13.1 Å². The lowest BCUT2D eigenvalue weighted by atomic mass is 10.2. The van der Waals surface area contributed by atoms with Gasteiger partial charge in [0.1, 0.15) is 25.6 Å². The summed E-state index contributed by atoms with van der Waals surface area (Å²) >= 11 is 0. The molecule has 1 atom stereocenters. The van der Waals surface area contributed by atoms with Crippen LogP contribution in [0.3, 0.4) is 0 Å². The van der Waals surface area contributed by atoms with Crippen molar-refractivity contribution in [1.82, 2.24) is 5.32 Å². The van der Waals surface area contributed by atoms with Crippen LogP contribution >= 0.6 is 0 Å². The maximum atomic E-state index is 9.23. The Labute approximate surface area is 142 Å². The third kappa shape index (κ3) is 4.63. The van der Waals surface area contributed by atoms with Crippen molar-refractivity contribution in [2.45, 2.75) is 26.2 Å². The number of hydrogen-bond donors (Lipinski definition) is 2. The number of rotatable bonds is 7. The average Bonchev–Trinajstić information content (AvgIpc) is 2.60. The average molecular weight is 329 g/mol. The van der Waals surface area contributed by atoms with Crippen LogP contribution in [0, 0.1) is 0 Å². The van der Waals surface area contributed by atoms with Gasteiger partial charge in [-0.05, 0) is 42.3 Å². The molecule has 1 aliphatic rings. The molecule has 0 spiro atoms. The summed E-state index contributed by atoms with van der Waals surface area (Å²) in [7, 11) is 0. The van der Waals surface area contributed by atoms with Crippen LogP contribution in [-0.4, -0.2) is 31.0 Å². The Morgan fingerprint density at radius 1 is 1.04 bits per heavy atom. The van der Waals surface area contributed by atoms with E-state index < -0.39 is 0 Å². The second-order valence-corrected chi connectivity index (χ2v) is 5.89. The zero-order chi connectivity index (χ0) is 16.8. The number of hydrogen-bond acceptors (Lipinski definition) is 5. The number of ether oxygens (including phenoxy) is 3. The van der Waals surface area contributed by atoms with Gasteiger partial charge >= 0.3 is 0 Å². The summed E-state index contributed by atoms with van der Waals surface area (Å²) in [5, 5.41) is 12.4. The van der Waals surface area contributed by atoms with Gasteiger partial charge in [-0.1, -0.05) is 18.2 Å². The topological polar surface area (TPSA) is 60.0 Å². The molecule has 1 aliphatic heterocycles. The lowest BCUT2D eigenvalue weighted by Gasteiger charge is -2.19. The van der Waals surface area contributed by atoms with E-state index in [1.54, 1.807) is 6.92 Å². The molecule has 2 aromatic rings. The molecule has 0 aliphatic carbocycles. The highest BCUT2D eigenvalue weighted by atomic mass is 16.6. The van der Waals surface area contributed by atoms with Gasteiger partial charge in [0.15, 0.2) is 11.5 Å². The lowest BCUT2D eigenvalue weighted by molar-refractivity contribution is 0.171. The first-order valence-corrected chi connectivity index (χ1v) is 8.20. The van der Waals surface area contributed by atoms with Crippen molar-refractivity contribution < 1.29 is 19.3 Å². The van der Waals surface area contributed by atoms with E-state index in [1.807, 2.05) is 42.5 Å². The van der Waals surface area contributed by atoms with Gasteiger partial charge in [-0.2, -0.15) is 0 Å². The summed E-state index contributed by atoms with van der Waals surface area (Å²) < 4.78 is 16.9. The molecule has 3 rings (SSSR count). The van der Waals surface area contributed by atoms with Crippen LogP contribution in [0.1, 0.15) is 18.1 Å². The monoisotopic (exact) mass is 329 g/mol. The lowest BCUT2D eigenvalue weighted by Crippen LogP contribution is -2.23. The van der Waals surface area contributed by atoms with E-state index in [0.717, 1.165) is 34.9 Å². The van der Waals surface area contributed by atoms with Gasteiger partial charge in [-0.15, -0.1) is 0 Å². The zero-order valence-corrected chi connectivity index (χ0v) is 13.8. The van der Waals surface area contributed by atoms with Gasteiger partial charge in [0.25, 0.3) is 0 Å². The Kier molecular flexibility index (Phi) is 5.56. The predicted octanol–water partition coefficient (Wildman–Crippen LogP) is 2.51. The van der Waals surface area contributed by atoms with Crippen molar-refractivity contribution in [1.29, 1.82) is 0 Å². The number of aliphatic hydroxyl groups is 1. The standard InChI is InChI=1S/C19H23NO4/c1-14(21)11-20-12-15-2-5-17(6-3-15)24-13-16-4-7-18-19(10-16)23-9-8-22-18/h2-7,10,14,20-21H,8-9,11-13H2,1H3/t14-/m0/s1. The van der Waals surface area contributed by atoms with Crippen molar-refractivity contribution in [3.63, 3.8) is 0 Å². The molecule has 0 radical (unpaired) electrons. The minimum Gasteiger partial charge on any atom is -0.489 e. The quantitative estimate of drug-likeness (QED) is 0.817. The van der Waals surface area contributed by atoms with Gasteiger partial charge in [0.2, 0.25) is 0 Å². The van der Waals surface area contributed by atoms with Gasteiger partial charge in [-0.3, -0.25) is 0 Å². The van der Waals surface area contributed by atoms with Gasteiger partial charge < -0.3 is 24.6 Å². The molecule has 0 bridgehead atoms. The number of fused-ring (bicyclic) bond motifs is 1. The highest BCUT2D eigenvalue weighted by molar-refractivity contribution is 5.43. The van der Waals surface area contributed by atoms with Crippen LogP contribution in [0.5, 0.6) is 17.2 Å². The van der Waals surface area contributed by atoms with Crippen LogP contribution in [0.15, 0.2) is 42.5 Å². The molecule has 2 N–H and O–H groups in total. The molecule has 0 aromatic heterocycles. The highest BCUT2D eigenvalue weighted by Crippen LogP contribution is 2.31. The molecule has 2 aromatic carbocycles.